The molecule has 0 unspecified atom stereocenters. The van der Waals surface area contributed by atoms with Crippen molar-refractivity contribution in [2.24, 2.45) is 10.3 Å². The van der Waals surface area contributed by atoms with Crippen molar-refractivity contribution in [1.29, 1.82) is 0 Å². The molecule has 1 fully saturated rings. The second-order valence-corrected chi connectivity index (χ2v) is 8.52. The fourth-order valence-electron chi connectivity index (χ4n) is 3.61. The van der Waals surface area contributed by atoms with Gasteiger partial charge in [0.25, 0.3) is 15.7 Å². The van der Waals surface area contributed by atoms with E-state index < -0.39 is 14.9 Å². The number of amidine groups is 1. The van der Waals surface area contributed by atoms with E-state index in [1.165, 1.54) is 18.2 Å². The number of amides is 1. The average Bonchev–Trinajstić information content (AvgIpc) is 2.99. The Morgan fingerprint density at radius 1 is 1.14 bits per heavy atom. The normalized spacial score (nSPS) is 18.1. The number of nitro groups is 1. The number of likely N-dealkylation sites (tertiary alicyclic amines) is 1. The van der Waals surface area contributed by atoms with E-state index in [-0.39, 0.29) is 22.4 Å². The molecule has 0 bridgehead atoms. The zero-order chi connectivity index (χ0) is 20.6. The number of piperidine rings is 1. The highest BCUT2D eigenvalue weighted by atomic mass is 32.2. The number of benzene rings is 2. The predicted octanol–water partition coefficient (Wildman–Crippen LogP) is 2.39. The van der Waals surface area contributed by atoms with Gasteiger partial charge in [0.2, 0.25) is 5.91 Å². The van der Waals surface area contributed by atoms with Gasteiger partial charge in [0.15, 0.2) is 5.84 Å². The molecule has 150 valence electrons. The molecule has 0 atom stereocenters. The lowest BCUT2D eigenvalue weighted by Gasteiger charge is -2.32. The molecule has 9 nitrogen and oxygen atoms in total. The van der Waals surface area contributed by atoms with E-state index >= 15 is 0 Å². The van der Waals surface area contributed by atoms with Crippen LogP contribution in [0.2, 0.25) is 0 Å². The van der Waals surface area contributed by atoms with E-state index in [9.17, 15) is 23.3 Å². The lowest BCUT2D eigenvalue weighted by atomic mass is 9.95. The maximum Gasteiger partial charge on any atom is 0.285 e. The molecule has 2 heterocycles. The number of nitrogens with zero attached hydrogens (tertiary/aromatic N) is 3. The van der Waals surface area contributed by atoms with E-state index in [4.69, 9.17) is 0 Å². The number of carbonyl (C=O) groups excluding carboxylic acids is 1. The van der Waals surface area contributed by atoms with Crippen LogP contribution in [-0.4, -0.2) is 43.1 Å². The van der Waals surface area contributed by atoms with Crippen LogP contribution in [0.15, 0.2) is 57.8 Å². The smallest absolute Gasteiger partial charge is 0.285 e. The summed E-state index contributed by atoms with van der Waals surface area (Å²) in [4.78, 5) is 25.0. The summed E-state index contributed by atoms with van der Waals surface area (Å²) in [6.07, 6.45) is 1.06. The molecule has 0 aromatic heterocycles. The lowest BCUT2D eigenvalue weighted by Crippen LogP contribution is -2.41. The van der Waals surface area contributed by atoms with Gasteiger partial charge in [0.1, 0.15) is 4.90 Å². The highest BCUT2D eigenvalue weighted by molar-refractivity contribution is 7.90. The number of anilines is 1. The molecule has 10 heteroatoms. The summed E-state index contributed by atoms with van der Waals surface area (Å²) in [5.74, 6) is -0.0379. The maximum atomic E-state index is 12.6. The quantitative estimate of drug-likeness (QED) is 0.608. The van der Waals surface area contributed by atoms with Crippen molar-refractivity contribution in [3.05, 3.63) is 64.2 Å². The second kappa shape index (κ2) is 7.28. The third kappa shape index (κ3) is 3.70. The first-order valence-corrected chi connectivity index (χ1v) is 10.5. The first kappa shape index (κ1) is 19.1. The third-order valence-corrected chi connectivity index (χ3v) is 6.43. The average molecular weight is 414 g/mol. The van der Waals surface area contributed by atoms with Crippen LogP contribution in [0, 0.1) is 16.0 Å². The molecule has 2 aliphatic rings. The van der Waals surface area contributed by atoms with Gasteiger partial charge < -0.3 is 10.2 Å². The van der Waals surface area contributed by atoms with Gasteiger partial charge >= 0.3 is 0 Å². The highest BCUT2D eigenvalue weighted by Gasteiger charge is 2.34. The Labute approximate surface area is 167 Å². The van der Waals surface area contributed by atoms with Gasteiger partial charge in [-0.05, 0) is 31.0 Å². The van der Waals surface area contributed by atoms with Crippen LogP contribution in [-0.2, 0) is 14.8 Å². The molecule has 1 amide bonds. The van der Waals surface area contributed by atoms with Gasteiger partial charge in [-0.25, -0.2) is 0 Å². The van der Waals surface area contributed by atoms with E-state index in [2.05, 4.69) is 9.71 Å². The summed E-state index contributed by atoms with van der Waals surface area (Å²) in [6, 6.07) is 12.5. The number of carbonyl (C=O) groups is 1. The summed E-state index contributed by atoms with van der Waals surface area (Å²) in [6.45, 7) is 0.991. The molecule has 0 aliphatic carbocycles. The van der Waals surface area contributed by atoms with Gasteiger partial charge in [-0.1, -0.05) is 18.2 Å². The Balaban J connectivity index is 1.42. The van der Waals surface area contributed by atoms with Crippen molar-refractivity contribution < 1.29 is 18.1 Å². The van der Waals surface area contributed by atoms with Crippen LogP contribution in [0.25, 0.3) is 0 Å². The van der Waals surface area contributed by atoms with Gasteiger partial charge in [0.05, 0.1) is 4.92 Å². The minimum atomic E-state index is -3.67. The van der Waals surface area contributed by atoms with Crippen molar-refractivity contribution in [3.8, 4) is 0 Å². The molecule has 2 aliphatic heterocycles. The first-order chi connectivity index (χ1) is 13.8. The number of sulfonamides is 1. The standard InChI is InChI=1S/C19H18N4O5S/c24-19(20-14-4-3-5-15(12-14)23(25)26)13-8-10-22(11-9-13)18-16-6-1-2-7-17(16)29(27,28)21-18/h1-7,12-13H,8-11H2,(H,20,24). The highest BCUT2D eigenvalue weighted by Crippen LogP contribution is 2.30. The van der Waals surface area contributed by atoms with Crippen molar-refractivity contribution in [3.63, 3.8) is 0 Å². The first-order valence-electron chi connectivity index (χ1n) is 9.10. The summed E-state index contributed by atoms with van der Waals surface area (Å²) in [5.41, 5.74) is 0.885. The number of nitro benzene ring substituents is 1. The summed E-state index contributed by atoms with van der Waals surface area (Å²) in [7, 11) is -3.67. The summed E-state index contributed by atoms with van der Waals surface area (Å²) in [5, 5.41) is 13.6. The van der Waals surface area contributed by atoms with Crippen LogP contribution < -0.4 is 5.32 Å². The number of hydrogen-bond donors (Lipinski definition) is 1. The number of non-ortho nitro benzene ring substituents is 1. The third-order valence-electron chi connectivity index (χ3n) is 5.10. The molecule has 1 saturated heterocycles. The summed E-state index contributed by atoms with van der Waals surface area (Å²) < 4.78 is 28.4. The number of fused-ring (bicyclic) bond motifs is 1. The molecular formula is C19H18N4O5S. The zero-order valence-corrected chi connectivity index (χ0v) is 16.1. The molecule has 4 rings (SSSR count). The molecule has 0 radical (unpaired) electrons. The Morgan fingerprint density at radius 3 is 2.59 bits per heavy atom. The fraction of sp³-hybridized carbons (Fsp3) is 0.263. The van der Waals surface area contributed by atoms with Gasteiger partial charge in [-0.2, -0.15) is 8.42 Å². The van der Waals surface area contributed by atoms with Gasteiger partial charge in [-0.15, -0.1) is 4.40 Å². The molecule has 0 saturated carbocycles. The Bertz CT molecular complexity index is 1120. The van der Waals surface area contributed by atoms with Crippen molar-refractivity contribution in [1.82, 2.24) is 4.90 Å². The monoisotopic (exact) mass is 414 g/mol. The lowest BCUT2D eigenvalue weighted by molar-refractivity contribution is -0.384. The van der Waals surface area contributed by atoms with Crippen LogP contribution in [0.3, 0.4) is 0 Å². The van der Waals surface area contributed by atoms with E-state index in [1.54, 1.807) is 30.3 Å². The molecule has 1 N–H and O–H groups in total. The van der Waals surface area contributed by atoms with Crippen molar-refractivity contribution >= 4 is 33.1 Å². The zero-order valence-electron chi connectivity index (χ0n) is 15.3. The van der Waals surface area contributed by atoms with Crippen LogP contribution in [0.5, 0.6) is 0 Å². The van der Waals surface area contributed by atoms with E-state index in [0.717, 1.165) is 0 Å². The van der Waals surface area contributed by atoms with E-state index in [1.807, 2.05) is 4.90 Å². The Morgan fingerprint density at radius 2 is 1.86 bits per heavy atom. The fourth-order valence-corrected chi connectivity index (χ4v) is 4.84. The topological polar surface area (TPSA) is 122 Å². The Hall–Kier alpha value is -3.27. The van der Waals surface area contributed by atoms with Crippen LogP contribution >= 0.6 is 0 Å². The van der Waals surface area contributed by atoms with Gasteiger partial charge in [0, 0.05) is 42.4 Å². The largest absolute Gasteiger partial charge is 0.355 e. The van der Waals surface area contributed by atoms with Crippen LogP contribution in [0.4, 0.5) is 11.4 Å². The predicted molar refractivity (Wildman–Crippen MR) is 106 cm³/mol. The van der Waals surface area contributed by atoms with Crippen molar-refractivity contribution in [2.45, 2.75) is 17.7 Å². The molecule has 2 aromatic rings. The molecule has 2 aromatic carbocycles. The number of rotatable bonds is 3. The molecule has 29 heavy (non-hydrogen) atoms. The number of nitrogens with one attached hydrogen (secondary N) is 1. The van der Waals surface area contributed by atoms with Crippen LogP contribution in [0.1, 0.15) is 18.4 Å². The second-order valence-electron chi connectivity index (χ2n) is 6.94. The van der Waals surface area contributed by atoms with Gasteiger partial charge in [-0.3, -0.25) is 14.9 Å². The maximum absolute atomic E-state index is 12.6. The van der Waals surface area contributed by atoms with E-state index in [0.29, 0.717) is 43.0 Å². The van der Waals surface area contributed by atoms with Crippen molar-refractivity contribution in [2.75, 3.05) is 18.4 Å². The number of hydrogen-bond acceptors (Lipinski definition) is 6. The summed E-state index contributed by atoms with van der Waals surface area (Å²) >= 11 is 0. The SMILES string of the molecule is O=C(Nc1cccc([N+](=O)[O-])c1)C1CCN(C2=NS(=O)(=O)c3ccccc32)CC1. The minimum Gasteiger partial charge on any atom is -0.355 e. The molecule has 0 spiro atoms. The molecular weight excluding hydrogens is 396 g/mol. The Kier molecular flexibility index (Phi) is 4.79. The minimum absolute atomic E-state index is 0.0864.